The fourth-order valence-corrected chi connectivity index (χ4v) is 0.253. The second-order valence-corrected chi connectivity index (χ2v) is 1.30. The molecule has 1 aromatic rings. The van der Waals surface area contributed by atoms with Gasteiger partial charge in [0.15, 0.2) is 0 Å². The summed E-state index contributed by atoms with van der Waals surface area (Å²) < 4.78 is 0. The minimum atomic E-state index is 0.750. The van der Waals surface area contributed by atoms with Gasteiger partial charge < -0.3 is 5.73 Å². The van der Waals surface area contributed by atoms with Gasteiger partial charge in [0.1, 0.15) is 0 Å². The molecule has 0 fully saturated rings. The monoisotopic (exact) mass is 125 g/mol. The van der Waals surface area contributed by atoms with Gasteiger partial charge in [0.2, 0.25) is 0 Å². The molecule has 3 heteroatoms. The molecule has 1 aromatic heterocycles. The van der Waals surface area contributed by atoms with Gasteiger partial charge in [-0.05, 0) is 6.54 Å². The minimum Gasteiger partial charge on any atom is -0.331 e. The van der Waals surface area contributed by atoms with Crippen molar-refractivity contribution in [3.05, 3.63) is 24.8 Å². The van der Waals surface area contributed by atoms with Crippen molar-refractivity contribution in [3.63, 3.8) is 0 Å². The minimum absolute atomic E-state index is 0.750. The van der Waals surface area contributed by atoms with Crippen LogP contribution >= 0.6 is 0 Å². The predicted molar refractivity (Wildman–Crippen MR) is 36.8 cm³/mol. The first-order chi connectivity index (χ1) is 4.41. The van der Waals surface area contributed by atoms with E-state index in [2.05, 4.69) is 9.97 Å². The maximum atomic E-state index is 4.85. The maximum Gasteiger partial charge on any atom is 0.0451 e. The Morgan fingerprint density at radius 2 is 1.33 bits per heavy atom. The summed E-state index contributed by atoms with van der Waals surface area (Å²) in [5.74, 6) is 0. The van der Waals surface area contributed by atoms with E-state index in [9.17, 15) is 0 Å². The molecule has 0 bridgehead atoms. The SMILES string of the molecule is CCN.c1cnccn1. The third kappa shape index (κ3) is 7.04. The van der Waals surface area contributed by atoms with E-state index in [1.807, 2.05) is 6.92 Å². The first kappa shape index (κ1) is 8.04. The summed E-state index contributed by atoms with van der Waals surface area (Å²) in [7, 11) is 0. The lowest BCUT2D eigenvalue weighted by Crippen LogP contribution is -1.87. The zero-order chi connectivity index (χ0) is 6.95. The Morgan fingerprint density at radius 3 is 1.44 bits per heavy atom. The predicted octanol–water partition coefficient (Wildman–Crippen LogP) is 0.442. The van der Waals surface area contributed by atoms with Gasteiger partial charge in [-0.25, -0.2) is 0 Å². The van der Waals surface area contributed by atoms with Crippen LogP contribution in [-0.2, 0) is 0 Å². The Bertz CT molecular complexity index is 91.2. The fourth-order valence-electron chi connectivity index (χ4n) is 0.253. The van der Waals surface area contributed by atoms with Gasteiger partial charge >= 0.3 is 0 Å². The summed E-state index contributed by atoms with van der Waals surface area (Å²) in [5, 5.41) is 0. The second-order valence-electron chi connectivity index (χ2n) is 1.30. The number of hydrogen-bond donors (Lipinski definition) is 1. The van der Waals surface area contributed by atoms with E-state index in [4.69, 9.17) is 5.73 Å². The van der Waals surface area contributed by atoms with E-state index in [1.165, 1.54) is 0 Å². The lowest BCUT2D eigenvalue weighted by Gasteiger charge is -1.70. The third-order valence-electron chi connectivity index (χ3n) is 0.478. The first-order valence-electron chi connectivity index (χ1n) is 2.81. The van der Waals surface area contributed by atoms with E-state index in [0.717, 1.165) is 6.54 Å². The van der Waals surface area contributed by atoms with Gasteiger partial charge in [-0.1, -0.05) is 6.92 Å². The lowest BCUT2D eigenvalue weighted by molar-refractivity contribution is 1.14. The quantitative estimate of drug-likeness (QED) is 0.547. The van der Waals surface area contributed by atoms with Crippen LogP contribution in [0, 0.1) is 0 Å². The fraction of sp³-hybridized carbons (Fsp3) is 0.333. The Balaban J connectivity index is 0.000000187. The number of aromatic nitrogens is 2. The van der Waals surface area contributed by atoms with Crippen molar-refractivity contribution >= 4 is 0 Å². The Hall–Kier alpha value is -0.960. The molecular formula is C6H11N3. The number of hydrogen-bond acceptors (Lipinski definition) is 3. The van der Waals surface area contributed by atoms with Gasteiger partial charge in [-0.2, -0.15) is 0 Å². The Kier molecular flexibility index (Phi) is 6.29. The van der Waals surface area contributed by atoms with Crippen LogP contribution in [-0.4, -0.2) is 16.5 Å². The van der Waals surface area contributed by atoms with Gasteiger partial charge in [-0.15, -0.1) is 0 Å². The summed E-state index contributed by atoms with van der Waals surface area (Å²) in [6, 6.07) is 0. The number of nitrogens with zero attached hydrogens (tertiary/aromatic N) is 2. The largest absolute Gasteiger partial charge is 0.331 e. The average Bonchev–Trinajstić information content (AvgIpc) is 1.93. The second kappa shape index (κ2) is 7.04. The molecule has 0 amide bonds. The maximum absolute atomic E-state index is 4.85. The van der Waals surface area contributed by atoms with Gasteiger partial charge in [0.25, 0.3) is 0 Å². The molecule has 0 atom stereocenters. The molecule has 0 spiro atoms. The molecule has 0 aromatic carbocycles. The topological polar surface area (TPSA) is 51.8 Å². The molecule has 50 valence electrons. The smallest absolute Gasteiger partial charge is 0.0451 e. The van der Waals surface area contributed by atoms with Crippen LogP contribution in [0.5, 0.6) is 0 Å². The highest BCUT2D eigenvalue weighted by Gasteiger charge is 1.59. The Morgan fingerprint density at radius 1 is 1.11 bits per heavy atom. The van der Waals surface area contributed by atoms with Crippen molar-refractivity contribution in [2.75, 3.05) is 6.54 Å². The van der Waals surface area contributed by atoms with Crippen molar-refractivity contribution in [2.24, 2.45) is 5.73 Å². The van der Waals surface area contributed by atoms with Crippen molar-refractivity contribution in [3.8, 4) is 0 Å². The van der Waals surface area contributed by atoms with E-state index in [0.29, 0.717) is 0 Å². The molecule has 0 saturated carbocycles. The van der Waals surface area contributed by atoms with E-state index < -0.39 is 0 Å². The third-order valence-corrected chi connectivity index (χ3v) is 0.478. The highest BCUT2D eigenvalue weighted by molar-refractivity contribution is 4.70. The van der Waals surface area contributed by atoms with Crippen LogP contribution in [0.4, 0.5) is 0 Å². The average molecular weight is 125 g/mol. The van der Waals surface area contributed by atoms with Crippen LogP contribution in [0.25, 0.3) is 0 Å². The van der Waals surface area contributed by atoms with Crippen molar-refractivity contribution in [2.45, 2.75) is 6.92 Å². The van der Waals surface area contributed by atoms with E-state index >= 15 is 0 Å². The normalized spacial score (nSPS) is 7.33. The van der Waals surface area contributed by atoms with Gasteiger partial charge in [0.05, 0.1) is 0 Å². The highest BCUT2D eigenvalue weighted by Crippen LogP contribution is 1.65. The molecule has 0 radical (unpaired) electrons. The molecule has 0 aliphatic heterocycles. The Labute approximate surface area is 54.9 Å². The van der Waals surface area contributed by atoms with Crippen LogP contribution < -0.4 is 5.73 Å². The molecule has 2 N–H and O–H groups in total. The highest BCUT2D eigenvalue weighted by atomic mass is 14.7. The van der Waals surface area contributed by atoms with Crippen LogP contribution in [0.2, 0.25) is 0 Å². The zero-order valence-electron chi connectivity index (χ0n) is 5.49. The van der Waals surface area contributed by atoms with Crippen LogP contribution in [0.3, 0.4) is 0 Å². The number of rotatable bonds is 0. The molecular weight excluding hydrogens is 114 g/mol. The summed E-state index contributed by atoms with van der Waals surface area (Å²) in [6.07, 6.45) is 6.56. The molecule has 1 rings (SSSR count). The molecule has 0 saturated heterocycles. The van der Waals surface area contributed by atoms with Crippen molar-refractivity contribution in [1.82, 2.24) is 9.97 Å². The molecule has 0 unspecified atom stereocenters. The van der Waals surface area contributed by atoms with Crippen molar-refractivity contribution < 1.29 is 0 Å². The molecule has 0 aliphatic carbocycles. The van der Waals surface area contributed by atoms with Crippen LogP contribution in [0.15, 0.2) is 24.8 Å². The molecule has 1 heterocycles. The summed E-state index contributed by atoms with van der Waals surface area (Å²) >= 11 is 0. The first-order valence-corrected chi connectivity index (χ1v) is 2.81. The summed E-state index contributed by atoms with van der Waals surface area (Å²) in [6.45, 7) is 2.65. The van der Waals surface area contributed by atoms with Crippen LogP contribution in [0.1, 0.15) is 6.92 Å². The summed E-state index contributed by atoms with van der Waals surface area (Å²) in [4.78, 5) is 7.44. The standard InChI is InChI=1S/C4H4N2.C2H7N/c1-2-6-4-3-5-1;1-2-3/h1-4H;2-3H2,1H3. The molecule has 3 nitrogen and oxygen atoms in total. The van der Waals surface area contributed by atoms with Gasteiger partial charge in [-0.3, -0.25) is 9.97 Å². The molecule has 9 heavy (non-hydrogen) atoms. The number of nitrogens with two attached hydrogens (primary N) is 1. The van der Waals surface area contributed by atoms with Gasteiger partial charge in [0, 0.05) is 24.8 Å². The van der Waals surface area contributed by atoms with E-state index in [1.54, 1.807) is 24.8 Å². The molecule has 0 aliphatic rings. The lowest BCUT2D eigenvalue weighted by atomic mass is 10.8. The zero-order valence-corrected chi connectivity index (χ0v) is 5.49. The van der Waals surface area contributed by atoms with Crippen molar-refractivity contribution in [1.29, 1.82) is 0 Å². The van der Waals surface area contributed by atoms with E-state index in [-0.39, 0.29) is 0 Å². The summed E-state index contributed by atoms with van der Waals surface area (Å²) in [5.41, 5.74) is 4.85.